The molecule has 0 aliphatic rings. The number of allylic oxidation sites excluding steroid dienone is 14. The zero-order valence-corrected chi connectivity index (χ0v) is 36.5. The number of rotatable bonds is 39. The van der Waals surface area contributed by atoms with Crippen molar-refractivity contribution in [3.05, 3.63) is 85.1 Å². The Morgan fingerprint density at radius 2 is 1.00 bits per heavy atom. The van der Waals surface area contributed by atoms with E-state index in [1.165, 1.54) is 44.9 Å². The second-order valence-corrected chi connectivity index (χ2v) is 15.6. The minimum Gasteiger partial charge on any atom is -0.480 e. The molecule has 0 saturated carbocycles. The number of carbonyl (C=O) groups is 3. The monoisotopic (exact) mass is 834 g/mol. The highest BCUT2D eigenvalue weighted by atomic mass is 31.2. The van der Waals surface area contributed by atoms with E-state index in [9.17, 15) is 23.8 Å². The molecule has 0 saturated heterocycles. The zero-order valence-electron chi connectivity index (χ0n) is 35.6. The van der Waals surface area contributed by atoms with E-state index in [0.717, 1.165) is 64.2 Å². The van der Waals surface area contributed by atoms with Crippen LogP contribution in [-0.2, 0) is 37.5 Å². The van der Waals surface area contributed by atoms with E-state index in [0.29, 0.717) is 19.3 Å². The molecule has 12 heteroatoms. The molecule has 58 heavy (non-hydrogen) atoms. The molecule has 0 aromatic rings. The number of phosphoric ester groups is 1. The van der Waals surface area contributed by atoms with Crippen LogP contribution in [0.2, 0.25) is 0 Å². The lowest BCUT2D eigenvalue weighted by atomic mass is 10.1. The van der Waals surface area contributed by atoms with E-state index in [4.69, 9.17) is 24.8 Å². The Labute approximate surface area is 350 Å². The summed E-state index contributed by atoms with van der Waals surface area (Å²) in [6, 6.07) is -1.54. The maximum Gasteiger partial charge on any atom is 0.472 e. The minimum atomic E-state index is -4.74. The average molecular weight is 834 g/mol. The Balaban J connectivity index is 4.55. The third-order valence-corrected chi connectivity index (χ3v) is 9.61. The van der Waals surface area contributed by atoms with E-state index in [1.807, 2.05) is 18.2 Å². The number of unbranched alkanes of at least 4 members (excludes halogenated alkanes) is 12. The van der Waals surface area contributed by atoms with Crippen LogP contribution in [0.3, 0.4) is 0 Å². The normalized spacial score (nSPS) is 14.6. The summed E-state index contributed by atoms with van der Waals surface area (Å²) < 4.78 is 32.6. The van der Waals surface area contributed by atoms with Crippen molar-refractivity contribution < 1.29 is 47.5 Å². The summed E-state index contributed by atoms with van der Waals surface area (Å²) in [4.78, 5) is 45.9. The van der Waals surface area contributed by atoms with E-state index in [1.54, 1.807) is 0 Å². The quantitative estimate of drug-likeness (QED) is 0.0177. The van der Waals surface area contributed by atoms with Gasteiger partial charge >= 0.3 is 25.7 Å². The van der Waals surface area contributed by atoms with Gasteiger partial charge in [-0.05, 0) is 77.0 Å². The molecule has 330 valence electrons. The van der Waals surface area contributed by atoms with Crippen LogP contribution in [0.1, 0.15) is 155 Å². The molecular formula is C46H76NO10P. The number of aliphatic carboxylic acids is 1. The van der Waals surface area contributed by atoms with Crippen molar-refractivity contribution in [1.82, 2.24) is 0 Å². The molecule has 0 radical (unpaired) electrons. The topological polar surface area (TPSA) is 172 Å². The summed E-state index contributed by atoms with van der Waals surface area (Å²) in [6.45, 7) is 2.64. The van der Waals surface area contributed by atoms with Gasteiger partial charge in [0.25, 0.3) is 0 Å². The molecule has 0 rings (SSSR count). The molecule has 4 N–H and O–H groups in total. The van der Waals surface area contributed by atoms with Crippen LogP contribution >= 0.6 is 7.82 Å². The summed E-state index contributed by atoms with van der Waals surface area (Å²) in [5.74, 6) is -2.51. The third kappa shape index (κ3) is 39.5. The molecule has 0 heterocycles. The van der Waals surface area contributed by atoms with Crippen molar-refractivity contribution in [3.8, 4) is 0 Å². The molecule has 0 spiro atoms. The number of carboxylic acids is 1. The maximum atomic E-state index is 12.6. The Morgan fingerprint density at radius 1 is 0.552 bits per heavy atom. The largest absolute Gasteiger partial charge is 0.480 e. The van der Waals surface area contributed by atoms with Crippen molar-refractivity contribution in [1.29, 1.82) is 0 Å². The maximum absolute atomic E-state index is 12.6. The molecule has 11 nitrogen and oxygen atoms in total. The lowest BCUT2D eigenvalue weighted by Crippen LogP contribution is -2.34. The van der Waals surface area contributed by atoms with Gasteiger partial charge in [-0.2, -0.15) is 0 Å². The molecule has 0 aliphatic heterocycles. The van der Waals surface area contributed by atoms with Crippen LogP contribution in [0.15, 0.2) is 85.1 Å². The van der Waals surface area contributed by atoms with Gasteiger partial charge in [0.1, 0.15) is 12.6 Å². The van der Waals surface area contributed by atoms with Crippen molar-refractivity contribution in [2.45, 2.75) is 167 Å². The molecule has 1 unspecified atom stereocenters. The number of phosphoric acid groups is 1. The van der Waals surface area contributed by atoms with Crippen LogP contribution in [0.5, 0.6) is 0 Å². The fraction of sp³-hybridized carbons (Fsp3) is 0.630. The van der Waals surface area contributed by atoms with Gasteiger partial charge in [0.15, 0.2) is 6.10 Å². The summed E-state index contributed by atoms with van der Waals surface area (Å²) in [6.07, 6.45) is 49.4. The van der Waals surface area contributed by atoms with Gasteiger partial charge in [0, 0.05) is 12.8 Å². The lowest BCUT2D eigenvalue weighted by Gasteiger charge is -2.20. The molecule has 0 aromatic heterocycles. The lowest BCUT2D eigenvalue weighted by molar-refractivity contribution is -0.161. The van der Waals surface area contributed by atoms with E-state index in [-0.39, 0.29) is 19.4 Å². The Bertz CT molecular complexity index is 1300. The first kappa shape index (κ1) is 54.7. The first-order valence-electron chi connectivity index (χ1n) is 21.6. The Hall–Kier alpha value is -3.34. The van der Waals surface area contributed by atoms with Crippen LogP contribution in [0, 0.1) is 0 Å². The van der Waals surface area contributed by atoms with Crippen LogP contribution in [-0.4, -0.2) is 59.9 Å². The fourth-order valence-corrected chi connectivity index (χ4v) is 5.99. The third-order valence-electron chi connectivity index (χ3n) is 8.66. The number of nitrogens with two attached hydrogens (primary N) is 1. The summed E-state index contributed by atoms with van der Waals surface area (Å²) in [5, 5.41) is 8.88. The Morgan fingerprint density at radius 3 is 1.57 bits per heavy atom. The second kappa shape index (κ2) is 40.4. The standard InChI is InChI=1S/C46H76NO10P/c1-3-5-7-9-11-13-15-17-19-20-21-22-24-26-28-30-32-34-36-38-45(49)57-42(40-55-58(52,53)56-41-43(47)46(50)51)39-54-44(48)37-35-33-31-29-27-25-23-18-16-14-12-10-8-6-4-2/h11,13-14,16-19,21-23,26,28,32,34,42-43H,3-10,12,15,20,24-25,27,29-31,33,35-41,47H2,1-2H3,(H,50,51)(H,52,53)/b13-11+,16-14+,19-17+,22-21+,23-18+,28-26+,34-32+/t42-,43+/m1/s1. The van der Waals surface area contributed by atoms with Gasteiger partial charge in [0.2, 0.25) is 0 Å². The number of carboxylic acid groups (broad SMARTS) is 1. The number of hydrogen-bond acceptors (Lipinski definition) is 9. The van der Waals surface area contributed by atoms with Gasteiger partial charge in [-0.3, -0.25) is 23.4 Å². The van der Waals surface area contributed by atoms with Crippen LogP contribution in [0.4, 0.5) is 0 Å². The molecule has 3 atom stereocenters. The predicted octanol–water partition coefficient (Wildman–Crippen LogP) is 11.5. The molecule has 0 aromatic carbocycles. The fourth-order valence-electron chi connectivity index (χ4n) is 5.21. The van der Waals surface area contributed by atoms with Gasteiger partial charge in [-0.15, -0.1) is 0 Å². The van der Waals surface area contributed by atoms with Gasteiger partial charge < -0.3 is 25.2 Å². The van der Waals surface area contributed by atoms with E-state index >= 15 is 0 Å². The van der Waals surface area contributed by atoms with Gasteiger partial charge in [0.05, 0.1) is 13.2 Å². The Kier molecular flexibility index (Phi) is 38.1. The first-order valence-corrected chi connectivity index (χ1v) is 23.1. The highest BCUT2D eigenvalue weighted by Crippen LogP contribution is 2.43. The molecule has 0 aliphatic carbocycles. The summed E-state index contributed by atoms with van der Waals surface area (Å²) in [5.41, 5.74) is 5.32. The van der Waals surface area contributed by atoms with Crippen molar-refractivity contribution in [2.24, 2.45) is 5.73 Å². The van der Waals surface area contributed by atoms with Gasteiger partial charge in [-0.1, -0.05) is 150 Å². The van der Waals surface area contributed by atoms with Crippen LogP contribution in [0.25, 0.3) is 0 Å². The highest BCUT2D eigenvalue weighted by molar-refractivity contribution is 7.47. The summed E-state index contributed by atoms with van der Waals surface area (Å²) >= 11 is 0. The number of carbonyl (C=O) groups excluding carboxylic acids is 2. The number of esters is 2. The van der Waals surface area contributed by atoms with Crippen LogP contribution < -0.4 is 5.73 Å². The average Bonchev–Trinajstić information content (AvgIpc) is 3.20. The van der Waals surface area contributed by atoms with Crippen molar-refractivity contribution in [2.75, 3.05) is 19.8 Å². The SMILES string of the molecule is CCCCC/C=C/C/C=C/C/C=C/C/C=C/C/C=C/CCC(=O)O[C@H](COC(=O)CCCCCCC/C=C/C=C/CCCCCC)COP(=O)(O)OC[C@H](N)C(=O)O. The summed E-state index contributed by atoms with van der Waals surface area (Å²) in [7, 11) is -4.74. The number of ether oxygens (including phenoxy) is 2. The molecule has 0 fully saturated rings. The smallest absolute Gasteiger partial charge is 0.472 e. The highest BCUT2D eigenvalue weighted by Gasteiger charge is 2.28. The van der Waals surface area contributed by atoms with E-state index in [2.05, 4.69) is 85.2 Å². The molecular weight excluding hydrogens is 757 g/mol. The van der Waals surface area contributed by atoms with Crippen molar-refractivity contribution in [3.63, 3.8) is 0 Å². The molecule has 0 amide bonds. The number of hydrogen-bond donors (Lipinski definition) is 3. The first-order chi connectivity index (χ1) is 28.1. The molecule has 0 bridgehead atoms. The zero-order chi connectivity index (χ0) is 42.8. The minimum absolute atomic E-state index is 0.0297. The van der Waals surface area contributed by atoms with Gasteiger partial charge in [-0.25, -0.2) is 4.57 Å². The predicted molar refractivity (Wildman–Crippen MR) is 235 cm³/mol. The van der Waals surface area contributed by atoms with E-state index < -0.39 is 51.1 Å². The second-order valence-electron chi connectivity index (χ2n) is 14.1. The van der Waals surface area contributed by atoms with Crippen molar-refractivity contribution >= 4 is 25.7 Å².